The zero-order chi connectivity index (χ0) is 27.7. The van der Waals surface area contributed by atoms with E-state index in [1.807, 2.05) is 25.1 Å². The van der Waals surface area contributed by atoms with Gasteiger partial charge < -0.3 is 0 Å². The molecule has 10 heteroatoms. The Kier molecular flexibility index (Phi) is 10.4. The molecule has 0 fully saturated rings. The molecule has 0 aliphatic carbocycles. The summed E-state index contributed by atoms with van der Waals surface area (Å²) in [5, 5.41) is 15.9. The van der Waals surface area contributed by atoms with Gasteiger partial charge in [0, 0.05) is 0 Å². The molecule has 0 saturated heterocycles. The third-order valence-electron chi connectivity index (χ3n) is 5.81. The first-order valence-corrected chi connectivity index (χ1v) is 14.5. The topological polar surface area (TPSA) is 131 Å². The number of benzene rings is 2. The number of amides is 2. The molecule has 1 radical (unpaired) electrons. The van der Waals surface area contributed by atoms with E-state index in [1.54, 1.807) is 44.2 Å². The predicted octanol–water partition coefficient (Wildman–Crippen LogP) is 2.19. The van der Waals surface area contributed by atoms with E-state index in [2.05, 4.69) is 20.6 Å². The van der Waals surface area contributed by atoms with Crippen LogP contribution in [0, 0.1) is 20.8 Å². The number of aromatic hydroxyl groups is 1. The molecule has 0 aliphatic rings. The van der Waals surface area contributed by atoms with E-state index >= 15 is 0 Å². The minimum absolute atomic E-state index is 0.133. The number of aryl methyl sites for hydroxylation is 4. The Morgan fingerprint density at radius 2 is 1.71 bits per heavy atom. The number of carbonyl (C=O) groups excluding carboxylic acids is 3. The summed E-state index contributed by atoms with van der Waals surface area (Å²) in [6.45, 7) is 5.23. The van der Waals surface area contributed by atoms with Crippen LogP contribution in [0.2, 0.25) is 5.21 Å². The number of nitrogens with one attached hydrogen (secondary N) is 2. The van der Waals surface area contributed by atoms with Crippen LogP contribution in [0.4, 0.5) is 0 Å². The van der Waals surface area contributed by atoms with Crippen molar-refractivity contribution in [2.75, 3.05) is 13.7 Å². The maximum atomic E-state index is 13.1. The molecule has 3 rings (SSSR count). The molecule has 1 aromatic heterocycles. The molecule has 2 amide bonds. The molecule has 0 bridgehead atoms. The van der Waals surface area contributed by atoms with Crippen molar-refractivity contribution in [2.24, 2.45) is 0 Å². The van der Waals surface area contributed by atoms with Crippen LogP contribution in [0.1, 0.15) is 49.7 Å². The summed E-state index contributed by atoms with van der Waals surface area (Å²) in [4.78, 5) is 47.1. The Labute approximate surface area is 229 Å². The van der Waals surface area contributed by atoms with Gasteiger partial charge in [0.2, 0.25) is 0 Å². The molecule has 0 spiro atoms. The second-order valence-corrected chi connectivity index (χ2v) is 11.3. The van der Waals surface area contributed by atoms with Gasteiger partial charge in [-0.05, 0) is 6.92 Å². The summed E-state index contributed by atoms with van der Waals surface area (Å²) in [5.74, 6) is -1.27. The Bertz CT molecular complexity index is 1290. The molecule has 1 heterocycles. The standard InChI is InChI=1S/C28H32AsN4O5/c1-17-8-5-11-21(14-17)25(35)30-16-23(27(37)38-4)33-26(36)24-18(2)31-28(32-19(24)3)29-13-7-10-20-9-6-12-22(34)15-20/h5-6,8-9,11-12,14-15,23,34H,7,10,13,16H2,1-4H3,(H,30,35)(H,33,36). The number of aromatic nitrogens is 2. The van der Waals surface area contributed by atoms with Crippen molar-refractivity contribution in [3.63, 3.8) is 0 Å². The summed E-state index contributed by atoms with van der Waals surface area (Å²) < 4.78 is 5.57. The van der Waals surface area contributed by atoms with Gasteiger partial charge in [-0.1, -0.05) is 17.7 Å². The van der Waals surface area contributed by atoms with Crippen molar-refractivity contribution < 1.29 is 24.2 Å². The van der Waals surface area contributed by atoms with Crippen LogP contribution < -0.4 is 15.2 Å². The monoisotopic (exact) mass is 579 g/mol. The summed E-state index contributed by atoms with van der Waals surface area (Å²) in [6.07, 6.45) is 1.81. The molecule has 199 valence electrons. The Balaban J connectivity index is 1.60. The van der Waals surface area contributed by atoms with Crippen molar-refractivity contribution in [2.45, 2.75) is 44.9 Å². The fourth-order valence-electron chi connectivity index (χ4n) is 3.92. The van der Waals surface area contributed by atoms with E-state index in [0.29, 0.717) is 22.5 Å². The van der Waals surface area contributed by atoms with Crippen molar-refractivity contribution in [1.29, 1.82) is 0 Å². The molecule has 3 N–H and O–H groups in total. The number of phenolic OH excluding ortho intramolecular Hbond substituents is 1. The van der Waals surface area contributed by atoms with Gasteiger partial charge in [0.05, 0.1) is 0 Å². The zero-order valence-corrected chi connectivity index (χ0v) is 23.8. The van der Waals surface area contributed by atoms with Crippen LogP contribution in [0.15, 0.2) is 48.5 Å². The molecule has 9 nitrogen and oxygen atoms in total. The Morgan fingerprint density at radius 3 is 2.37 bits per heavy atom. The van der Waals surface area contributed by atoms with Gasteiger partial charge >= 0.3 is 205 Å². The number of methoxy groups -OCH3 is 1. The number of esters is 1. The third-order valence-corrected chi connectivity index (χ3v) is 7.96. The molecule has 0 saturated carbocycles. The third kappa shape index (κ3) is 8.15. The molecule has 0 aliphatic heterocycles. The van der Waals surface area contributed by atoms with E-state index in [1.165, 1.54) is 7.11 Å². The molecule has 3 aromatic rings. The second-order valence-electron chi connectivity index (χ2n) is 8.85. The van der Waals surface area contributed by atoms with Gasteiger partial charge in [-0.2, -0.15) is 0 Å². The Hall–Kier alpha value is -3.71. The number of nitrogens with zero attached hydrogens (tertiary/aromatic N) is 2. The number of carbonyl (C=O) groups is 3. The van der Waals surface area contributed by atoms with E-state index in [0.717, 1.165) is 33.8 Å². The molecule has 38 heavy (non-hydrogen) atoms. The van der Waals surface area contributed by atoms with Crippen LogP contribution in [0.5, 0.6) is 5.75 Å². The number of rotatable bonds is 11. The average Bonchev–Trinajstić information content (AvgIpc) is 2.88. The SMILES string of the molecule is COC(=O)C(CNC(=O)c1cccc(C)c1)NC(=O)c1c(C)nc([As]CCCc2cccc(O)c2)nc1C. The first-order chi connectivity index (χ1) is 18.2. The fraction of sp³-hybridized carbons (Fsp3) is 0.321. The molecule has 2 aromatic carbocycles. The summed E-state index contributed by atoms with van der Waals surface area (Å²) in [5.41, 5.74) is 3.83. The van der Waals surface area contributed by atoms with Crippen LogP contribution in [0.25, 0.3) is 0 Å². The molecule has 1 unspecified atom stereocenters. The van der Waals surface area contributed by atoms with Crippen molar-refractivity contribution in [1.82, 2.24) is 20.6 Å². The summed E-state index contributed by atoms with van der Waals surface area (Å²) in [6, 6.07) is 13.2. The van der Waals surface area contributed by atoms with Crippen LogP contribution in [-0.2, 0) is 16.0 Å². The van der Waals surface area contributed by atoms with Crippen molar-refractivity contribution in [3.05, 3.63) is 82.2 Å². The van der Waals surface area contributed by atoms with Gasteiger partial charge in [0.25, 0.3) is 0 Å². The van der Waals surface area contributed by atoms with Gasteiger partial charge in [-0.3, -0.25) is 0 Å². The van der Waals surface area contributed by atoms with E-state index in [9.17, 15) is 19.5 Å². The first-order valence-electron chi connectivity index (χ1n) is 12.2. The zero-order valence-electron chi connectivity index (χ0n) is 21.9. The number of hydrogen-bond acceptors (Lipinski definition) is 7. The van der Waals surface area contributed by atoms with Crippen LogP contribution in [0.3, 0.4) is 0 Å². The van der Waals surface area contributed by atoms with E-state index < -0.39 is 17.9 Å². The fourth-order valence-corrected chi connectivity index (χ4v) is 5.93. The van der Waals surface area contributed by atoms with Crippen LogP contribution in [-0.4, -0.2) is 68.3 Å². The summed E-state index contributed by atoms with van der Waals surface area (Å²) in [7, 11) is 1.22. The second kappa shape index (κ2) is 13.7. The first kappa shape index (κ1) is 28.9. The normalized spacial score (nSPS) is 11.8. The van der Waals surface area contributed by atoms with E-state index in [4.69, 9.17) is 4.74 Å². The number of ether oxygens (including phenoxy) is 1. The summed E-state index contributed by atoms with van der Waals surface area (Å²) >= 11 is -0.290. The molecular formula is C28H32AsN4O5. The predicted molar refractivity (Wildman–Crippen MR) is 145 cm³/mol. The number of hydrogen-bond donors (Lipinski definition) is 3. The van der Waals surface area contributed by atoms with Gasteiger partial charge in [0.15, 0.2) is 0 Å². The van der Waals surface area contributed by atoms with Crippen molar-refractivity contribution >= 4 is 38.1 Å². The Morgan fingerprint density at radius 1 is 1.00 bits per heavy atom. The van der Waals surface area contributed by atoms with Gasteiger partial charge in [-0.25, -0.2) is 0 Å². The van der Waals surface area contributed by atoms with Gasteiger partial charge in [0.1, 0.15) is 0 Å². The molecule has 1 atom stereocenters. The quantitative estimate of drug-likeness (QED) is 0.180. The molecular weight excluding hydrogens is 547 g/mol. The average molecular weight is 580 g/mol. The van der Waals surface area contributed by atoms with Crippen molar-refractivity contribution in [3.8, 4) is 5.75 Å². The van der Waals surface area contributed by atoms with Gasteiger partial charge in [-0.15, -0.1) is 0 Å². The maximum absolute atomic E-state index is 13.1. The van der Waals surface area contributed by atoms with E-state index in [-0.39, 0.29) is 34.0 Å². The minimum atomic E-state index is -1.08. The van der Waals surface area contributed by atoms with Crippen LogP contribution >= 0.6 is 0 Å². The number of phenols is 1.